The summed E-state index contributed by atoms with van der Waals surface area (Å²) in [5.41, 5.74) is -0.199. The lowest BCUT2D eigenvalue weighted by atomic mass is 10.2. The van der Waals surface area contributed by atoms with Crippen LogP contribution in [-0.4, -0.2) is 42.0 Å². The highest BCUT2D eigenvalue weighted by molar-refractivity contribution is 5.90. The second-order valence-electron chi connectivity index (χ2n) is 5.12. The molecule has 1 unspecified atom stereocenters. The Morgan fingerprint density at radius 3 is 2.55 bits per heavy atom. The van der Waals surface area contributed by atoms with E-state index in [2.05, 4.69) is 4.99 Å². The summed E-state index contributed by atoms with van der Waals surface area (Å²) in [5, 5.41) is 9.33. The number of aromatic nitrogens is 1. The van der Waals surface area contributed by atoms with E-state index in [1.165, 1.54) is 17.8 Å². The third kappa shape index (κ3) is 4.07. The Bertz CT molecular complexity index is 596. The Balaban J connectivity index is 3.51. The number of aromatic carboxylic acids is 1. The van der Waals surface area contributed by atoms with Gasteiger partial charge in [0.2, 0.25) is 5.82 Å². The lowest BCUT2D eigenvalue weighted by molar-refractivity contribution is 0.0685. The molecule has 0 saturated heterocycles. The average molecular weight is 314 g/mol. The van der Waals surface area contributed by atoms with Crippen LogP contribution in [-0.2, 0) is 4.74 Å². The Labute approximate surface area is 129 Å². The van der Waals surface area contributed by atoms with Gasteiger partial charge in [0.1, 0.15) is 5.56 Å². The van der Waals surface area contributed by atoms with Gasteiger partial charge < -0.3 is 19.1 Å². The minimum absolute atomic E-state index is 0.0350. The molecule has 1 rings (SSSR count). The maximum atomic E-state index is 14.7. The number of halogens is 1. The van der Waals surface area contributed by atoms with Gasteiger partial charge in [0, 0.05) is 19.9 Å². The van der Waals surface area contributed by atoms with Crippen LogP contribution in [0.15, 0.2) is 11.2 Å². The molecule has 0 amide bonds. The summed E-state index contributed by atoms with van der Waals surface area (Å²) >= 11 is 0. The summed E-state index contributed by atoms with van der Waals surface area (Å²) in [6, 6.07) is -0.264. The van der Waals surface area contributed by atoms with Crippen molar-refractivity contribution in [1.29, 1.82) is 0 Å². The number of rotatable bonds is 7. The molecule has 0 saturated carbocycles. The minimum Gasteiger partial charge on any atom is -0.487 e. The Morgan fingerprint density at radius 2 is 2.09 bits per heavy atom. The second kappa shape index (κ2) is 7.93. The van der Waals surface area contributed by atoms with E-state index in [9.17, 15) is 14.3 Å². The summed E-state index contributed by atoms with van der Waals surface area (Å²) in [6.45, 7) is 7.90. The smallest absolute Gasteiger partial charge is 0.341 e. The monoisotopic (exact) mass is 314 g/mol. The zero-order chi connectivity index (χ0) is 16.9. The molecule has 0 spiro atoms. The fraction of sp³-hybridized carbons (Fsp3) is 0.600. The van der Waals surface area contributed by atoms with E-state index in [-0.39, 0.29) is 28.9 Å². The first-order valence-corrected chi connectivity index (χ1v) is 7.18. The highest BCUT2D eigenvalue weighted by atomic mass is 19.1. The van der Waals surface area contributed by atoms with Crippen LogP contribution >= 0.6 is 0 Å². The topological polar surface area (TPSA) is 73.0 Å². The predicted molar refractivity (Wildman–Crippen MR) is 79.8 cm³/mol. The van der Waals surface area contributed by atoms with E-state index >= 15 is 0 Å². The number of ether oxygens (including phenoxy) is 2. The number of pyridine rings is 1. The lowest BCUT2D eigenvalue weighted by Gasteiger charge is -2.20. The summed E-state index contributed by atoms with van der Waals surface area (Å²) in [7, 11) is 1.45. The van der Waals surface area contributed by atoms with E-state index in [1.807, 2.05) is 6.92 Å². The first-order valence-electron chi connectivity index (χ1n) is 7.18. The van der Waals surface area contributed by atoms with Gasteiger partial charge in [0.25, 0.3) is 0 Å². The maximum absolute atomic E-state index is 14.7. The molecule has 1 N–H and O–H groups in total. The van der Waals surface area contributed by atoms with E-state index in [0.29, 0.717) is 13.2 Å². The molecular formula is C15H23FN2O4. The maximum Gasteiger partial charge on any atom is 0.341 e. The van der Waals surface area contributed by atoms with Crippen molar-refractivity contribution in [2.45, 2.75) is 39.8 Å². The van der Waals surface area contributed by atoms with Crippen LogP contribution in [0, 0.1) is 5.82 Å². The van der Waals surface area contributed by atoms with Gasteiger partial charge >= 0.3 is 5.97 Å². The quantitative estimate of drug-likeness (QED) is 0.837. The summed E-state index contributed by atoms with van der Waals surface area (Å²) in [5.74, 6) is -2.32. The number of nitrogens with zero attached hydrogens (tertiary/aromatic N) is 2. The molecule has 0 aliphatic carbocycles. The molecule has 0 radical (unpaired) electrons. The zero-order valence-corrected chi connectivity index (χ0v) is 13.6. The lowest BCUT2D eigenvalue weighted by Crippen LogP contribution is -2.31. The van der Waals surface area contributed by atoms with Gasteiger partial charge in [-0.2, -0.15) is 4.39 Å². The van der Waals surface area contributed by atoms with Gasteiger partial charge in [0.15, 0.2) is 11.2 Å². The average Bonchev–Trinajstić information content (AvgIpc) is 2.45. The number of carbonyl (C=O) groups is 1. The van der Waals surface area contributed by atoms with E-state index in [1.54, 1.807) is 20.8 Å². The third-order valence-electron chi connectivity index (χ3n) is 2.99. The Hall–Kier alpha value is -1.89. The Morgan fingerprint density at radius 1 is 1.45 bits per heavy atom. The first kappa shape index (κ1) is 18.2. The van der Waals surface area contributed by atoms with Crippen LogP contribution in [0.2, 0.25) is 0 Å². The normalized spacial score (nSPS) is 13.5. The Kier molecular flexibility index (Phi) is 6.55. The van der Waals surface area contributed by atoms with Crippen LogP contribution in [0.4, 0.5) is 4.39 Å². The van der Waals surface area contributed by atoms with Crippen LogP contribution in [0.1, 0.15) is 44.1 Å². The standard InChI is InChI=1S/C15H23FN2O4/c1-6-21-8-10(4)18-7-11(15(19)20)13(22-9(2)3)12(16)14(18)17-5/h7,9-10H,6,8H2,1-5H3,(H,19,20). The molecule has 1 aromatic heterocycles. The fourth-order valence-corrected chi connectivity index (χ4v) is 2.01. The molecular weight excluding hydrogens is 291 g/mol. The number of carboxylic acid groups (broad SMARTS) is 1. The fourth-order valence-electron chi connectivity index (χ4n) is 2.01. The zero-order valence-electron chi connectivity index (χ0n) is 13.6. The first-order chi connectivity index (χ1) is 10.3. The molecule has 1 aromatic rings. The number of hydrogen-bond acceptors (Lipinski definition) is 4. The highest BCUT2D eigenvalue weighted by Crippen LogP contribution is 2.23. The highest BCUT2D eigenvalue weighted by Gasteiger charge is 2.23. The van der Waals surface area contributed by atoms with Gasteiger partial charge in [0.05, 0.1) is 18.8 Å². The van der Waals surface area contributed by atoms with E-state index < -0.39 is 11.8 Å². The van der Waals surface area contributed by atoms with Crippen molar-refractivity contribution in [1.82, 2.24) is 4.57 Å². The molecule has 6 nitrogen and oxygen atoms in total. The van der Waals surface area contributed by atoms with Crippen LogP contribution in [0.5, 0.6) is 5.75 Å². The van der Waals surface area contributed by atoms with Crippen molar-refractivity contribution in [3.8, 4) is 5.75 Å². The third-order valence-corrected chi connectivity index (χ3v) is 2.99. The molecule has 1 heterocycles. The summed E-state index contributed by atoms with van der Waals surface area (Å²) in [6.07, 6.45) is 0.990. The van der Waals surface area contributed by atoms with Crippen molar-refractivity contribution in [2.24, 2.45) is 4.99 Å². The summed E-state index contributed by atoms with van der Waals surface area (Å²) in [4.78, 5) is 15.3. The molecule has 0 fully saturated rings. The number of hydrogen-bond donors (Lipinski definition) is 1. The molecule has 0 aliphatic rings. The van der Waals surface area contributed by atoms with Crippen molar-refractivity contribution in [2.75, 3.05) is 20.3 Å². The molecule has 22 heavy (non-hydrogen) atoms. The molecule has 0 aromatic carbocycles. The second-order valence-corrected chi connectivity index (χ2v) is 5.12. The van der Waals surface area contributed by atoms with Gasteiger partial charge in [-0.25, -0.2) is 4.79 Å². The molecule has 0 aliphatic heterocycles. The number of carboxylic acids is 1. The van der Waals surface area contributed by atoms with E-state index in [4.69, 9.17) is 9.47 Å². The SMILES string of the molecule is CCOCC(C)n1cc(C(=O)O)c(OC(C)C)c(F)c1=NC. The van der Waals surface area contributed by atoms with Gasteiger partial charge in [-0.1, -0.05) is 0 Å². The van der Waals surface area contributed by atoms with Crippen molar-refractivity contribution in [3.63, 3.8) is 0 Å². The minimum atomic E-state index is -1.26. The molecule has 124 valence electrons. The van der Waals surface area contributed by atoms with Crippen molar-refractivity contribution < 1.29 is 23.8 Å². The van der Waals surface area contributed by atoms with Crippen LogP contribution < -0.4 is 10.2 Å². The van der Waals surface area contributed by atoms with E-state index in [0.717, 1.165) is 0 Å². The van der Waals surface area contributed by atoms with Gasteiger partial charge in [-0.3, -0.25) is 4.99 Å². The van der Waals surface area contributed by atoms with Gasteiger partial charge in [-0.05, 0) is 27.7 Å². The molecule has 7 heteroatoms. The van der Waals surface area contributed by atoms with Crippen LogP contribution in [0.3, 0.4) is 0 Å². The largest absolute Gasteiger partial charge is 0.487 e. The molecule has 1 atom stereocenters. The molecule has 0 bridgehead atoms. The summed E-state index contributed by atoms with van der Waals surface area (Å²) < 4.78 is 26.8. The van der Waals surface area contributed by atoms with Crippen molar-refractivity contribution >= 4 is 5.97 Å². The van der Waals surface area contributed by atoms with Crippen LogP contribution in [0.25, 0.3) is 0 Å². The van der Waals surface area contributed by atoms with Gasteiger partial charge in [-0.15, -0.1) is 0 Å². The van der Waals surface area contributed by atoms with Crippen molar-refractivity contribution in [3.05, 3.63) is 23.1 Å². The predicted octanol–water partition coefficient (Wildman–Crippen LogP) is 2.24.